The van der Waals surface area contributed by atoms with Gasteiger partial charge in [0.25, 0.3) is 0 Å². The number of thioether (sulfide) groups is 1. The van der Waals surface area contributed by atoms with Crippen LogP contribution in [0.1, 0.15) is 0 Å². The number of furan rings is 1. The van der Waals surface area contributed by atoms with Crippen molar-refractivity contribution in [2.24, 2.45) is 0 Å². The van der Waals surface area contributed by atoms with Gasteiger partial charge in [0, 0.05) is 5.75 Å². The van der Waals surface area contributed by atoms with Crippen molar-refractivity contribution < 1.29 is 4.42 Å². The molecule has 0 amide bonds. The Kier molecular flexibility index (Phi) is 2.77. The second kappa shape index (κ2) is 4.22. The Morgan fingerprint density at radius 2 is 2.47 bits per heavy atom. The molecular formula is C9H10N4OS. The molecular weight excluding hydrogens is 212 g/mol. The summed E-state index contributed by atoms with van der Waals surface area (Å²) in [6, 6.07) is 3.57. The van der Waals surface area contributed by atoms with Crippen molar-refractivity contribution in [3.63, 3.8) is 0 Å². The fourth-order valence-electron chi connectivity index (χ4n) is 1.08. The van der Waals surface area contributed by atoms with Crippen molar-refractivity contribution in [1.29, 1.82) is 0 Å². The summed E-state index contributed by atoms with van der Waals surface area (Å²) in [5, 5.41) is 8.54. The lowest BCUT2D eigenvalue weighted by Gasteiger charge is -1.99. The third-order valence-corrected chi connectivity index (χ3v) is 2.68. The molecule has 0 aliphatic carbocycles. The first-order valence-electron chi connectivity index (χ1n) is 4.31. The Balaban J connectivity index is 2.27. The van der Waals surface area contributed by atoms with Crippen LogP contribution in [0.4, 0.5) is 0 Å². The van der Waals surface area contributed by atoms with E-state index in [9.17, 15) is 0 Å². The van der Waals surface area contributed by atoms with Crippen LogP contribution in [0.2, 0.25) is 0 Å². The van der Waals surface area contributed by atoms with E-state index in [0.29, 0.717) is 16.7 Å². The van der Waals surface area contributed by atoms with Crippen molar-refractivity contribution in [2.75, 3.05) is 11.6 Å². The van der Waals surface area contributed by atoms with Crippen molar-refractivity contribution in [1.82, 2.24) is 14.9 Å². The number of nitrogen functional groups attached to an aromatic ring is 1. The first kappa shape index (κ1) is 9.85. The molecule has 0 spiro atoms. The van der Waals surface area contributed by atoms with Crippen LogP contribution in [0, 0.1) is 0 Å². The molecule has 0 fully saturated rings. The van der Waals surface area contributed by atoms with Crippen molar-refractivity contribution >= 4 is 11.8 Å². The fraction of sp³-hybridized carbons (Fsp3) is 0.111. The molecule has 5 nitrogen and oxygen atoms in total. The average Bonchev–Trinajstić information content (AvgIpc) is 2.84. The zero-order valence-corrected chi connectivity index (χ0v) is 8.78. The molecule has 0 saturated carbocycles. The van der Waals surface area contributed by atoms with Crippen LogP contribution < -0.4 is 5.84 Å². The first-order valence-corrected chi connectivity index (χ1v) is 5.29. The standard InChI is InChI=1S/C9H10N4OS/c1-2-6-15-9-12-11-8(13(9)10)7-4-3-5-14-7/h2-5H,1,6,10H2. The fourth-order valence-corrected chi connectivity index (χ4v) is 1.67. The molecule has 0 atom stereocenters. The van der Waals surface area contributed by atoms with Crippen molar-refractivity contribution in [2.45, 2.75) is 5.16 Å². The summed E-state index contributed by atoms with van der Waals surface area (Å²) in [6.45, 7) is 3.62. The number of hydrogen-bond acceptors (Lipinski definition) is 5. The summed E-state index contributed by atoms with van der Waals surface area (Å²) in [4.78, 5) is 0. The zero-order chi connectivity index (χ0) is 10.7. The van der Waals surface area contributed by atoms with Crippen LogP contribution in [0.3, 0.4) is 0 Å². The second-order valence-corrected chi connectivity index (χ2v) is 3.74. The predicted molar refractivity (Wildman–Crippen MR) is 58.8 cm³/mol. The van der Waals surface area contributed by atoms with E-state index in [1.54, 1.807) is 24.5 Å². The van der Waals surface area contributed by atoms with Gasteiger partial charge in [0.2, 0.25) is 11.0 Å². The molecule has 78 valence electrons. The van der Waals surface area contributed by atoms with Crippen LogP contribution in [0.5, 0.6) is 0 Å². The number of nitrogens with two attached hydrogens (primary N) is 1. The number of rotatable bonds is 4. The average molecular weight is 222 g/mol. The van der Waals surface area contributed by atoms with E-state index >= 15 is 0 Å². The van der Waals surface area contributed by atoms with Gasteiger partial charge in [-0.25, -0.2) is 4.68 Å². The lowest BCUT2D eigenvalue weighted by molar-refractivity contribution is 0.574. The number of nitrogens with zero attached hydrogens (tertiary/aromatic N) is 3. The molecule has 0 aliphatic heterocycles. The SMILES string of the molecule is C=CCSc1nnc(-c2ccco2)n1N. The molecule has 6 heteroatoms. The van der Waals surface area contributed by atoms with Gasteiger partial charge in [-0.15, -0.1) is 16.8 Å². The molecule has 2 rings (SSSR count). The van der Waals surface area contributed by atoms with Gasteiger partial charge in [-0.05, 0) is 12.1 Å². The van der Waals surface area contributed by atoms with Gasteiger partial charge in [0.15, 0.2) is 5.76 Å². The molecule has 2 aromatic heterocycles. The van der Waals surface area contributed by atoms with E-state index < -0.39 is 0 Å². The minimum atomic E-state index is 0.520. The highest BCUT2D eigenvalue weighted by Crippen LogP contribution is 2.21. The third kappa shape index (κ3) is 1.89. The molecule has 2 N–H and O–H groups in total. The van der Waals surface area contributed by atoms with Crippen LogP contribution in [-0.2, 0) is 0 Å². The summed E-state index contributed by atoms with van der Waals surface area (Å²) in [5.74, 6) is 7.68. The van der Waals surface area contributed by atoms with Crippen molar-refractivity contribution in [3.8, 4) is 11.6 Å². The maximum absolute atomic E-state index is 5.81. The molecule has 2 heterocycles. The molecule has 0 radical (unpaired) electrons. The maximum atomic E-state index is 5.81. The van der Waals surface area contributed by atoms with Crippen molar-refractivity contribution in [3.05, 3.63) is 31.1 Å². The molecule has 0 bridgehead atoms. The largest absolute Gasteiger partial charge is 0.461 e. The van der Waals surface area contributed by atoms with Crippen LogP contribution in [-0.4, -0.2) is 20.6 Å². The maximum Gasteiger partial charge on any atom is 0.218 e. The molecule has 0 unspecified atom stereocenters. The molecule has 0 aliphatic rings. The summed E-state index contributed by atoms with van der Waals surface area (Å²) >= 11 is 1.47. The lowest BCUT2D eigenvalue weighted by Crippen LogP contribution is -2.11. The smallest absolute Gasteiger partial charge is 0.218 e. The molecule has 15 heavy (non-hydrogen) atoms. The summed E-state index contributed by atoms with van der Waals surface area (Å²) in [7, 11) is 0. The minimum Gasteiger partial charge on any atom is -0.461 e. The van der Waals surface area contributed by atoms with Gasteiger partial charge in [-0.1, -0.05) is 17.8 Å². The van der Waals surface area contributed by atoms with Gasteiger partial charge in [0.05, 0.1) is 6.26 Å². The summed E-state index contributed by atoms with van der Waals surface area (Å²) in [6.07, 6.45) is 3.35. The molecule has 0 aromatic carbocycles. The molecule has 0 saturated heterocycles. The summed E-state index contributed by atoms with van der Waals surface area (Å²) < 4.78 is 6.60. The van der Waals surface area contributed by atoms with Gasteiger partial charge in [-0.3, -0.25) is 0 Å². The van der Waals surface area contributed by atoms with E-state index in [4.69, 9.17) is 10.3 Å². The number of hydrogen-bond donors (Lipinski definition) is 1. The highest BCUT2D eigenvalue weighted by Gasteiger charge is 2.13. The van der Waals surface area contributed by atoms with Gasteiger partial charge in [-0.2, -0.15) is 0 Å². The van der Waals surface area contributed by atoms with Gasteiger partial charge >= 0.3 is 0 Å². The van der Waals surface area contributed by atoms with Crippen LogP contribution in [0.15, 0.2) is 40.6 Å². The second-order valence-electron chi connectivity index (χ2n) is 2.75. The van der Waals surface area contributed by atoms with Crippen LogP contribution >= 0.6 is 11.8 Å². The van der Waals surface area contributed by atoms with Gasteiger partial charge < -0.3 is 10.3 Å². The highest BCUT2D eigenvalue weighted by atomic mass is 32.2. The Morgan fingerprint density at radius 3 is 3.13 bits per heavy atom. The Bertz CT molecular complexity index is 449. The van der Waals surface area contributed by atoms with E-state index in [-0.39, 0.29) is 0 Å². The Morgan fingerprint density at radius 1 is 1.60 bits per heavy atom. The topological polar surface area (TPSA) is 69.9 Å². The van der Waals surface area contributed by atoms with Gasteiger partial charge in [0.1, 0.15) is 0 Å². The normalized spacial score (nSPS) is 10.4. The highest BCUT2D eigenvalue weighted by molar-refractivity contribution is 7.99. The monoisotopic (exact) mass is 222 g/mol. The molecule has 2 aromatic rings. The zero-order valence-electron chi connectivity index (χ0n) is 7.96. The minimum absolute atomic E-state index is 0.520. The van der Waals surface area contributed by atoms with E-state index in [2.05, 4.69) is 16.8 Å². The number of aromatic nitrogens is 3. The third-order valence-electron chi connectivity index (χ3n) is 1.74. The Labute approximate surface area is 90.9 Å². The van der Waals surface area contributed by atoms with E-state index in [1.807, 2.05) is 0 Å². The lowest BCUT2D eigenvalue weighted by atomic mass is 10.4. The van der Waals surface area contributed by atoms with Crippen LogP contribution in [0.25, 0.3) is 11.6 Å². The predicted octanol–water partition coefficient (Wildman–Crippen LogP) is 1.53. The Hall–Kier alpha value is -1.69. The first-order chi connectivity index (χ1) is 7.33. The van der Waals surface area contributed by atoms with E-state index in [1.165, 1.54) is 16.4 Å². The summed E-state index contributed by atoms with van der Waals surface area (Å²) in [5.41, 5.74) is 0. The van der Waals surface area contributed by atoms with E-state index in [0.717, 1.165) is 5.75 Å². The quantitative estimate of drug-likeness (QED) is 0.482.